The van der Waals surface area contributed by atoms with Crippen LogP contribution in [-0.2, 0) is 25.7 Å². The number of amides is 2. The number of oxime groups is 1. The Morgan fingerprint density at radius 2 is 1.85 bits per heavy atom. The van der Waals surface area contributed by atoms with Gasteiger partial charge in [-0.3, -0.25) is 4.79 Å². The van der Waals surface area contributed by atoms with Gasteiger partial charge in [-0.1, -0.05) is 47.6 Å². The first-order chi connectivity index (χ1) is 16.0. The second kappa shape index (κ2) is 12.0. The molecule has 0 spiro atoms. The Hall–Kier alpha value is -3.40. The molecular weight excluding hydrogens is 494 g/mol. The largest absolute Gasteiger partial charge is 0.462 e. The van der Waals surface area contributed by atoms with E-state index in [4.69, 9.17) is 14.3 Å². The molecule has 0 fully saturated rings. The van der Waals surface area contributed by atoms with E-state index in [1.807, 2.05) is 30.3 Å². The number of nitrogens with one attached hydrogen (secondary N) is 2. The van der Waals surface area contributed by atoms with Crippen molar-refractivity contribution >= 4 is 44.2 Å². The fraction of sp³-hybridized carbons (Fsp3) is 0.304. The summed E-state index contributed by atoms with van der Waals surface area (Å²) in [6, 6.07) is 14.7. The van der Waals surface area contributed by atoms with E-state index in [1.54, 1.807) is 31.2 Å². The Labute approximate surface area is 199 Å². The number of halogens is 1. The maximum atomic E-state index is 13.1. The summed E-state index contributed by atoms with van der Waals surface area (Å²) >= 11 is 3.26. The van der Waals surface area contributed by atoms with Gasteiger partial charge in [0.2, 0.25) is 5.91 Å². The van der Waals surface area contributed by atoms with Crippen LogP contribution in [0.4, 0.5) is 10.5 Å². The van der Waals surface area contributed by atoms with Gasteiger partial charge in [0.25, 0.3) is 0 Å². The summed E-state index contributed by atoms with van der Waals surface area (Å²) in [7, 11) is 0. The zero-order valence-electron chi connectivity index (χ0n) is 18.0. The number of benzene rings is 2. The average molecular weight is 518 g/mol. The van der Waals surface area contributed by atoms with Crippen molar-refractivity contribution < 1.29 is 28.7 Å². The highest BCUT2D eigenvalue weighted by Gasteiger charge is 2.30. The molecule has 0 saturated heterocycles. The topological polar surface area (TPSA) is 115 Å². The highest BCUT2D eigenvalue weighted by atomic mass is 79.9. The van der Waals surface area contributed by atoms with Crippen molar-refractivity contribution in [2.24, 2.45) is 5.16 Å². The molecular formula is C23H24BrN3O6. The number of alkyl carbamates (subject to hydrolysis) is 1. The number of hydrogen-bond donors (Lipinski definition) is 2. The third-order valence-electron chi connectivity index (χ3n) is 4.70. The lowest BCUT2D eigenvalue weighted by Gasteiger charge is -2.21. The smallest absolute Gasteiger partial charge is 0.408 e. The van der Waals surface area contributed by atoms with Gasteiger partial charge >= 0.3 is 12.1 Å². The zero-order valence-corrected chi connectivity index (χ0v) is 19.5. The van der Waals surface area contributed by atoms with Crippen molar-refractivity contribution in [2.45, 2.75) is 38.5 Å². The van der Waals surface area contributed by atoms with Gasteiger partial charge in [-0.05, 0) is 40.5 Å². The number of hydrogen-bond acceptors (Lipinski definition) is 7. The van der Waals surface area contributed by atoms with Crippen LogP contribution >= 0.6 is 15.9 Å². The van der Waals surface area contributed by atoms with Gasteiger partial charge in [0.05, 0.1) is 17.9 Å². The number of ether oxygens (including phenoxy) is 2. The molecule has 0 saturated carbocycles. The molecule has 174 valence electrons. The molecule has 2 atom stereocenters. The Balaban J connectivity index is 1.68. The fourth-order valence-corrected chi connectivity index (χ4v) is 3.57. The van der Waals surface area contributed by atoms with Crippen LogP contribution in [0.1, 0.15) is 35.7 Å². The molecule has 10 heteroatoms. The van der Waals surface area contributed by atoms with Gasteiger partial charge in [0, 0.05) is 12.8 Å². The molecule has 9 nitrogen and oxygen atoms in total. The Kier molecular flexibility index (Phi) is 8.82. The summed E-state index contributed by atoms with van der Waals surface area (Å²) in [5, 5.41) is 9.11. The van der Waals surface area contributed by atoms with E-state index in [1.165, 1.54) is 0 Å². The second-order valence-corrected chi connectivity index (χ2v) is 8.06. The normalized spacial score (nSPS) is 15.6. The third kappa shape index (κ3) is 7.31. The number of carbonyl (C=O) groups is 3. The average Bonchev–Trinajstić information content (AvgIpc) is 3.23. The SMILES string of the molecule is CCOC(=O)c1ccccc1NC(=O)C(CC1CC(Br)=NO1)NC(=O)OCc1ccccc1. The molecule has 33 heavy (non-hydrogen) atoms. The Morgan fingerprint density at radius 1 is 1.12 bits per heavy atom. The highest BCUT2D eigenvalue weighted by molar-refractivity contribution is 9.18. The maximum absolute atomic E-state index is 13.1. The lowest BCUT2D eigenvalue weighted by molar-refractivity contribution is -0.119. The Bertz CT molecular complexity index is 1010. The summed E-state index contributed by atoms with van der Waals surface area (Å²) < 4.78 is 10.9. The van der Waals surface area contributed by atoms with Crippen LogP contribution in [0.25, 0.3) is 0 Å². The van der Waals surface area contributed by atoms with Crippen molar-refractivity contribution in [1.29, 1.82) is 0 Å². The van der Waals surface area contributed by atoms with E-state index < -0.39 is 30.1 Å². The molecule has 0 aromatic heterocycles. The molecule has 0 bridgehead atoms. The van der Waals surface area contributed by atoms with E-state index in [0.29, 0.717) is 11.0 Å². The molecule has 2 N–H and O–H groups in total. The van der Waals surface area contributed by atoms with E-state index in [0.717, 1.165) is 5.56 Å². The predicted octanol–water partition coefficient (Wildman–Crippen LogP) is 3.98. The van der Waals surface area contributed by atoms with Gasteiger partial charge in [-0.25, -0.2) is 9.59 Å². The molecule has 2 aromatic rings. The van der Waals surface area contributed by atoms with Crippen LogP contribution in [0.2, 0.25) is 0 Å². The van der Waals surface area contributed by atoms with E-state index in [2.05, 4.69) is 31.7 Å². The molecule has 0 aliphatic carbocycles. The minimum atomic E-state index is -0.998. The van der Waals surface area contributed by atoms with Gasteiger partial charge in [0.15, 0.2) is 0 Å². The van der Waals surface area contributed by atoms with Crippen LogP contribution in [0.15, 0.2) is 59.8 Å². The monoisotopic (exact) mass is 517 g/mol. The number of anilines is 1. The van der Waals surface area contributed by atoms with Crippen LogP contribution in [0.3, 0.4) is 0 Å². The lowest BCUT2D eigenvalue weighted by atomic mass is 10.1. The number of nitrogens with zero attached hydrogens (tertiary/aromatic N) is 1. The standard InChI is InChI=1S/C23H24BrN3O6/c1-2-31-22(29)17-10-6-7-11-18(17)25-21(28)19(12-16-13-20(24)27-33-16)26-23(30)32-14-15-8-4-3-5-9-15/h3-11,16,19H,2,12-14H2,1H3,(H,25,28)(H,26,30). The summed E-state index contributed by atoms with van der Waals surface area (Å²) in [6.45, 7) is 1.95. The number of para-hydroxylation sites is 1. The summed E-state index contributed by atoms with van der Waals surface area (Å²) in [5.41, 5.74) is 1.30. The van der Waals surface area contributed by atoms with Crippen molar-refractivity contribution in [3.05, 3.63) is 65.7 Å². The van der Waals surface area contributed by atoms with Crippen LogP contribution < -0.4 is 10.6 Å². The van der Waals surface area contributed by atoms with E-state index in [9.17, 15) is 14.4 Å². The first-order valence-electron chi connectivity index (χ1n) is 10.4. The van der Waals surface area contributed by atoms with Crippen molar-refractivity contribution in [3.8, 4) is 0 Å². The van der Waals surface area contributed by atoms with Crippen molar-refractivity contribution in [3.63, 3.8) is 0 Å². The number of rotatable bonds is 9. The molecule has 1 aliphatic heterocycles. The minimum Gasteiger partial charge on any atom is -0.462 e. The highest BCUT2D eigenvalue weighted by Crippen LogP contribution is 2.21. The van der Waals surface area contributed by atoms with Gasteiger partial charge in [-0.2, -0.15) is 0 Å². The van der Waals surface area contributed by atoms with Crippen molar-refractivity contribution in [1.82, 2.24) is 5.32 Å². The second-order valence-electron chi connectivity index (χ2n) is 7.15. The fourth-order valence-electron chi connectivity index (χ4n) is 3.12. The van der Waals surface area contributed by atoms with Gasteiger partial charge in [-0.15, -0.1) is 0 Å². The molecule has 3 rings (SSSR count). The first-order valence-corrected chi connectivity index (χ1v) is 11.2. The lowest BCUT2D eigenvalue weighted by Crippen LogP contribution is -2.46. The van der Waals surface area contributed by atoms with Crippen LogP contribution in [-0.4, -0.2) is 41.3 Å². The summed E-state index contributed by atoms with van der Waals surface area (Å²) in [4.78, 5) is 43.0. The van der Waals surface area contributed by atoms with Gasteiger partial charge in [0.1, 0.15) is 23.4 Å². The molecule has 2 unspecified atom stereocenters. The van der Waals surface area contributed by atoms with E-state index in [-0.39, 0.29) is 30.9 Å². The molecule has 1 aliphatic rings. The molecule has 2 aromatic carbocycles. The van der Waals surface area contributed by atoms with Crippen LogP contribution in [0.5, 0.6) is 0 Å². The minimum absolute atomic E-state index is 0.0568. The first kappa shape index (κ1) is 24.2. The molecule has 2 amide bonds. The molecule has 0 radical (unpaired) electrons. The van der Waals surface area contributed by atoms with E-state index >= 15 is 0 Å². The zero-order chi connectivity index (χ0) is 23.6. The predicted molar refractivity (Wildman–Crippen MR) is 125 cm³/mol. The van der Waals surface area contributed by atoms with Crippen LogP contribution in [0, 0.1) is 0 Å². The van der Waals surface area contributed by atoms with Crippen molar-refractivity contribution in [2.75, 3.05) is 11.9 Å². The number of carbonyl (C=O) groups excluding carboxylic acids is 3. The summed E-state index contributed by atoms with van der Waals surface area (Å²) in [6.07, 6.45) is -0.559. The molecule has 1 heterocycles. The third-order valence-corrected chi connectivity index (χ3v) is 5.17. The van der Waals surface area contributed by atoms with Gasteiger partial charge < -0.3 is 24.9 Å². The quantitative estimate of drug-likeness (QED) is 0.486. The number of esters is 1. The summed E-state index contributed by atoms with van der Waals surface area (Å²) in [5.74, 6) is -1.09. The Morgan fingerprint density at radius 3 is 2.55 bits per heavy atom. The maximum Gasteiger partial charge on any atom is 0.408 e.